The maximum atomic E-state index is 12.7. The van der Waals surface area contributed by atoms with Gasteiger partial charge in [0.1, 0.15) is 0 Å². The number of ketones is 1. The van der Waals surface area contributed by atoms with E-state index in [1.165, 1.54) is 0 Å². The number of nitrogens with zero attached hydrogens (tertiary/aromatic N) is 2. The second-order valence-corrected chi connectivity index (χ2v) is 4.38. The largest absolute Gasteiger partial charge is 0.455 e. The lowest BCUT2D eigenvalue weighted by atomic mass is 10.0. The monoisotopic (exact) mass is 282 g/mol. The van der Waals surface area contributed by atoms with E-state index in [-0.39, 0.29) is 5.69 Å². The highest BCUT2D eigenvalue weighted by Gasteiger charge is 2.41. The summed E-state index contributed by atoms with van der Waals surface area (Å²) >= 11 is 0. The number of Topliss-reactive ketones (excluding diaryl/α,β-unsaturated/α-hetero) is 1. The molecule has 1 heterocycles. The molecule has 106 valence electrons. The van der Waals surface area contributed by atoms with Gasteiger partial charge >= 0.3 is 6.18 Å². The Hall–Kier alpha value is -2.11. The van der Waals surface area contributed by atoms with E-state index in [1.54, 1.807) is 43.1 Å². The molecule has 0 aliphatic heterocycles. The van der Waals surface area contributed by atoms with E-state index in [4.69, 9.17) is 0 Å². The van der Waals surface area contributed by atoms with Gasteiger partial charge in [-0.1, -0.05) is 18.2 Å². The average molecular weight is 282 g/mol. The van der Waals surface area contributed by atoms with Gasteiger partial charge in [0, 0.05) is 25.2 Å². The van der Waals surface area contributed by atoms with Crippen molar-refractivity contribution in [1.82, 2.24) is 4.98 Å². The van der Waals surface area contributed by atoms with E-state index < -0.39 is 17.5 Å². The summed E-state index contributed by atoms with van der Waals surface area (Å²) in [5.74, 6) is -1.87. The van der Waals surface area contributed by atoms with Crippen molar-refractivity contribution >= 4 is 22.4 Å². The highest BCUT2D eigenvalue weighted by Crippen LogP contribution is 2.32. The van der Waals surface area contributed by atoms with Gasteiger partial charge in [-0.15, -0.1) is 0 Å². The van der Waals surface area contributed by atoms with Crippen LogP contribution in [-0.4, -0.2) is 30.5 Å². The van der Waals surface area contributed by atoms with Crippen LogP contribution in [0.2, 0.25) is 0 Å². The normalized spacial score (nSPS) is 11.7. The van der Waals surface area contributed by atoms with Crippen molar-refractivity contribution in [2.45, 2.75) is 13.1 Å². The van der Waals surface area contributed by atoms with Crippen LogP contribution in [0, 0.1) is 0 Å². The lowest BCUT2D eigenvalue weighted by Crippen LogP contribution is -2.27. The maximum Gasteiger partial charge on any atom is 0.455 e. The van der Waals surface area contributed by atoms with Crippen LogP contribution in [-0.2, 0) is 0 Å². The van der Waals surface area contributed by atoms with Crippen molar-refractivity contribution in [2.24, 2.45) is 0 Å². The molecule has 3 nitrogen and oxygen atoms in total. The molecule has 20 heavy (non-hydrogen) atoms. The van der Waals surface area contributed by atoms with Crippen LogP contribution in [0.1, 0.15) is 17.3 Å². The minimum atomic E-state index is -4.91. The molecular weight excluding hydrogens is 269 g/mol. The van der Waals surface area contributed by atoms with Gasteiger partial charge in [-0.05, 0) is 13.0 Å². The van der Waals surface area contributed by atoms with Crippen molar-refractivity contribution in [3.8, 4) is 0 Å². The Morgan fingerprint density at radius 3 is 2.55 bits per heavy atom. The van der Waals surface area contributed by atoms with Crippen LogP contribution in [0.5, 0.6) is 0 Å². The van der Waals surface area contributed by atoms with Crippen LogP contribution >= 0.6 is 0 Å². The van der Waals surface area contributed by atoms with Gasteiger partial charge in [-0.25, -0.2) is 0 Å². The van der Waals surface area contributed by atoms with Crippen LogP contribution < -0.4 is 4.90 Å². The smallest absolute Gasteiger partial charge is 0.374 e. The first-order valence-electron chi connectivity index (χ1n) is 6.06. The topological polar surface area (TPSA) is 33.2 Å². The van der Waals surface area contributed by atoms with Gasteiger partial charge in [-0.3, -0.25) is 9.78 Å². The number of para-hydroxylation sites is 1. The zero-order valence-electron chi connectivity index (χ0n) is 11.0. The Labute approximate surface area is 114 Å². The second-order valence-electron chi connectivity index (χ2n) is 4.38. The Balaban J connectivity index is 2.75. The SMILES string of the molecule is CCN(C)c1c(C(=O)C(F)(F)F)cnc2ccccc12. The van der Waals surface area contributed by atoms with Gasteiger partial charge < -0.3 is 4.90 Å². The summed E-state index contributed by atoms with van der Waals surface area (Å²) in [7, 11) is 1.65. The molecule has 0 unspecified atom stereocenters. The molecule has 0 saturated carbocycles. The minimum absolute atomic E-state index is 0.264. The zero-order chi connectivity index (χ0) is 14.9. The molecular formula is C14H13F3N2O. The van der Waals surface area contributed by atoms with E-state index >= 15 is 0 Å². The summed E-state index contributed by atoms with van der Waals surface area (Å²) in [4.78, 5) is 17.1. The fraction of sp³-hybridized carbons (Fsp3) is 0.286. The van der Waals surface area contributed by atoms with Crippen molar-refractivity contribution in [3.05, 3.63) is 36.0 Å². The molecule has 0 fully saturated rings. The lowest BCUT2D eigenvalue weighted by Gasteiger charge is -2.22. The lowest BCUT2D eigenvalue weighted by molar-refractivity contribution is -0.0884. The molecule has 0 amide bonds. The predicted molar refractivity (Wildman–Crippen MR) is 71.1 cm³/mol. The molecule has 2 rings (SSSR count). The molecule has 1 aromatic carbocycles. The first kappa shape index (κ1) is 14.3. The number of carbonyl (C=O) groups excluding carboxylic acids is 1. The molecule has 0 aliphatic carbocycles. The highest BCUT2D eigenvalue weighted by atomic mass is 19.4. The summed E-state index contributed by atoms with van der Waals surface area (Å²) in [6.07, 6.45) is -3.91. The Kier molecular flexibility index (Phi) is 3.65. The van der Waals surface area contributed by atoms with E-state index in [0.717, 1.165) is 6.20 Å². The van der Waals surface area contributed by atoms with Crippen molar-refractivity contribution in [1.29, 1.82) is 0 Å². The summed E-state index contributed by atoms with van der Waals surface area (Å²) in [6.45, 7) is 2.28. The Morgan fingerprint density at radius 2 is 1.95 bits per heavy atom. The number of alkyl halides is 3. The third kappa shape index (κ3) is 2.45. The van der Waals surface area contributed by atoms with E-state index in [9.17, 15) is 18.0 Å². The number of aromatic nitrogens is 1. The third-order valence-corrected chi connectivity index (χ3v) is 3.11. The van der Waals surface area contributed by atoms with Gasteiger partial charge in [0.2, 0.25) is 0 Å². The Bertz CT molecular complexity index is 652. The molecule has 6 heteroatoms. The van der Waals surface area contributed by atoms with E-state index in [1.807, 2.05) is 0 Å². The molecule has 0 aliphatic rings. The Morgan fingerprint density at radius 1 is 1.30 bits per heavy atom. The van der Waals surface area contributed by atoms with Gasteiger partial charge in [0.05, 0.1) is 16.8 Å². The van der Waals surface area contributed by atoms with E-state index in [0.29, 0.717) is 17.4 Å². The average Bonchev–Trinajstić information content (AvgIpc) is 2.43. The predicted octanol–water partition coefficient (Wildman–Crippen LogP) is 3.44. The van der Waals surface area contributed by atoms with Crippen LogP contribution in [0.25, 0.3) is 10.9 Å². The quantitative estimate of drug-likeness (QED) is 0.809. The van der Waals surface area contributed by atoms with Gasteiger partial charge in [0.15, 0.2) is 0 Å². The third-order valence-electron chi connectivity index (χ3n) is 3.11. The highest BCUT2D eigenvalue weighted by molar-refractivity contribution is 6.10. The number of hydrogen-bond donors (Lipinski definition) is 0. The van der Waals surface area contributed by atoms with Crippen LogP contribution in [0.4, 0.5) is 18.9 Å². The molecule has 0 bridgehead atoms. The van der Waals surface area contributed by atoms with Gasteiger partial charge in [0.25, 0.3) is 5.78 Å². The summed E-state index contributed by atoms with van der Waals surface area (Å²) < 4.78 is 38.1. The van der Waals surface area contributed by atoms with Crippen molar-refractivity contribution < 1.29 is 18.0 Å². The molecule has 0 N–H and O–H groups in total. The number of hydrogen-bond acceptors (Lipinski definition) is 3. The molecule has 0 spiro atoms. The van der Waals surface area contributed by atoms with Gasteiger partial charge in [-0.2, -0.15) is 13.2 Å². The number of fused-ring (bicyclic) bond motifs is 1. The number of anilines is 1. The molecule has 0 saturated heterocycles. The second kappa shape index (κ2) is 5.11. The van der Waals surface area contributed by atoms with Crippen LogP contribution in [0.3, 0.4) is 0 Å². The molecule has 2 aromatic rings. The summed E-state index contributed by atoms with van der Waals surface area (Å²) in [5.41, 5.74) is 0.405. The number of pyridine rings is 1. The number of carbonyl (C=O) groups is 1. The summed E-state index contributed by atoms with van der Waals surface area (Å²) in [6, 6.07) is 6.82. The number of halogens is 3. The van der Waals surface area contributed by atoms with E-state index in [2.05, 4.69) is 4.98 Å². The standard InChI is InChI=1S/C14H13F3N2O/c1-3-19(2)12-9-6-4-5-7-11(9)18-8-10(12)13(20)14(15,16)17/h4-8H,3H2,1-2H3. The fourth-order valence-electron chi connectivity index (χ4n) is 2.02. The first-order chi connectivity index (χ1) is 9.36. The molecule has 1 aromatic heterocycles. The fourth-order valence-corrected chi connectivity index (χ4v) is 2.02. The first-order valence-corrected chi connectivity index (χ1v) is 6.06. The zero-order valence-corrected chi connectivity index (χ0v) is 11.0. The maximum absolute atomic E-state index is 12.7. The number of rotatable bonds is 3. The van der Waals surface area contributed by atoms with Crippen molar-refractivity contribution in [3.63, 3.8) is 0 Å². The molecule has 0 atom stereocenters. The minimum Gasteiger partial charge on any atom is -0.374 e. The summed E-state index contributed by atoms with van der Waals surface area (Å²) in [5, 5.41) is 0.534. The molecule has 0 radical (unpaired) electrons. The number of benzene rings is 1. The van der Waals surface area contributed by atoms with Crippen LogP contribution in [0.15, 0.2) is 30.5 Å². The van der Waals surface area contributed by atoms with Crippen molar-refractivity contribution in [2.75, 3.05) is 18.5 Å².